The minimum Gasteiger partial charge on any atom is -0.462 e. The summed E-state index contributed by atoms with van der Waals surface area (Å²) in [5.74, 6) is -0.761. The Labute approximate surface area is 179 Å². The van der Waals surface area contributed by atoms with E-state index in [1.165, 1.54) is 17.4 Å². The van der Waals surface area contributed by atoms with Gasteiger partial charge in [0.15, 0.2) is 0 Å². The number of para-hydroxylation sites is 2. The first kappa shape index (κ1) is 20.6. The average molecular weight is 429 g/mol. The highest BCUT2D eigenvalue weighted by Gasteiger charge is 2.23. The Morgan fingerprint density at radius 3 is 2.77 bits per heavy atom. The molecule has 0 radical (unpaired) electrons. The molecule has 2 aromatic carbocycles. The summed E-state index contributed by atoms with van der Waals surface area (Å²) in [5.41, 5.74) is 2.58. The summed E-state index contributed by atoms with van der Waals surface area (Å²) in [6, 6.07) is 12.8. The normalized spacial score (nSPS) is 14.8. The Bertz CT molecular complexity index is 1040. The Morgan fingerprint density at radius 2 is 2.00 bits per heavy atom. The summed E-state index contributed by atoms with van der Waals surface area (Å²) >= 11 is 1.26. The van der Waals surface area contributed by atoms with Crippen LogP contribution in [0.3, 0.4) is 0 Å². The zero-order valence-electron chi connectivity index (χ0n) is 16.9. The number of fused-ring (bicyclic) bond motifs is 1. The molecule has 5 nitrogen and oxygen atoms in total. The van der Waals surface area contributed by atoms with Crippen LogP contribution in [0.25, 0.3) is 10.1 Å². The molecular formula is C23H25FN2O3S. The van der Waals surface area contributed by atoms with Crippen LogP contribution in [0.2, 0.25) is 0 Å². The van der Waals surface area contributed by atoms with Crippen molar-refractivity contribution in [1.82, 2.24) is 0 Å². The van der Waals surface area contributed by atoms with Crippen LogP contribution in [0, 0.1) is 5.82 Å². The van der Waals surface area contributed by atoms with Crippen LogP contribution >= 0.6 is 11.3 Å². The number of aliphatic hydroxyl groups is 1. The summed E-state index contributed by atoms with van der Waals surface area (Å²) in [5, 5.41) is 13.7. The Kier molecular flexibility index (Phi) is 6.20. The molecule has 7 heteroatoms. The minimum atomic E-state index is -0.423. The molecule has 158 valence electrons. The van der Waals surface area contributed by atoms with Crippen molar-refractivity contribution < 1.29 is 19.0 Å². The predicted molar refractivity (Wildman–Crippen MR) is 119 cm³/mol. The van der Waals surface area contributed by atoms with E-state index in [2.05, 4.69) is 10.2 Å². The number of carbonyl (C=O) groups excluding carboxylic acids is 1. The van der Waals surface area contributed by atoms with Crippen molar-refractivity contribution in [3.63, 3.8) is 0 Å². The molecule has 0 aliphatic carbocycles. The number of aliphatic hydroxyl groups excluding tert-OH is 1. The van der Waals surface area contributed by atoms with Gasteiger partial charge in [-0.15, -0.1) is 11.3 Å². The van der Waals surface area contributed by atoms with Crippen molar-refractivity contribution in [3.05, 3.63) is 58.7 Å². The van der Waals surface area contributed by atoms with Crippen molar-refractivity contribution in [2.45, 2.75) is 32.4 Å². The maximum atomic E-state index is 14.6. The van der Waals surface area contributed by atoms with Gasteiger partial charge in [-0.05, 0) is 44.0 Å². The van der Waals surface area contributed by atoms with Gasteiger partial charge in [-0.2, -0.15) is 0 Å². The van der Waals surface area contributed by atoms with Crippen LogP contribution < -0.4 is 10.2 Å². The molecule has 1 aliphatic rings. The first-order chi connectivity index (χ1) is 14.6. The van der Waals surface area contributed by atoms with Crippen LogP contribution in [-0.4, -0.2) is 36.9 Å². The molecule has 1 saturated heterocycles. The molecule has 0 atom stereocenters. The highest BCUT2D eigenvalue weighted by molar-refractivity contribution is 7.21. The van der Waals surface area contributed by atoms with Crippen LogP contribution in [0.15, 0.2) is 42.5 Å². The average Bonchev–Trinajstić information content (AvgIpc) is 3.13. The number of hydrogen-bond donors (Lipinski definition) is 2. The van der Waals surface area contributed by atoms with E-state index >= 15 is 0 Å². The molecule has 30 heavy (non-hydrogen) atoms. The van der Waals surface area contributed by atoms with Crippen LogP contribution in [0.5, 0.6) is 0 Å². The lowest BCUT2D eigenvalue weighted by atomic mass is 10.1. The fourth-order valence-corrected chi connectivity index (χ4v) is 5.02. The van der Waals surface area contributed by atoms with Gasteiger partial charge in [0.1, 0.15) is 10.7 Å². The number of nitrogens with one attached hydrogen (secondary N) is 1. The van der Waals surface area contributed by atoms with Crippen molar-refractivity contribution >= 4 is 38.8 Å². The summed E-state index contributed by atoms with van der Waals surface area (Å²) in [6.45, 7) is 3.90. The molecule has 0 unspecified atom stereocenters. The minimum absolute atomic E-state index is 0.242. The van der Waals surface area contributed by atoms with Crippen molar-refractivity contribution in [2.24, 2.45) is 0 Å². The summed E-state index contributed by atoms with van der Waals surface area (Å²) in [6.07, 6.45) is 1.23. The number of benzene rings is 2. The molecule has 3 aromatic rings. The number of halogens is 1. The number of esters is 1. The van der Waals surface area contributed by atoms with Crippen molar-refractivity contribution in [1.29, 1.82) is 0 Å². The van der Waals surface area contributed by atoms with Crippen molar-refractivity contribution in [2.75, 3.05) is 29.9 Å². The standard InChI is InChI=1S/C23H25FN2O3S/c1-2-29-23(28)22-16(21-17(24)6-5-9-20(21)30-22)14-25-18-7-3-4-8-19(18)26-12-10-15(27)11-13-26/h3-9,15,25,27H,2,10-14H2,1H3. The number of nitrogens with zero attached hydrogens (tertiary/aromatic N) is 1. The van der Waals surface area contributed by atoms with E-state index in [4.69, 9.17) is 4.74 Å². The SMILES string of the molecule is CCOC(=O)c1sc2cccc(F)c2c1CNc1ccccc1N1CCC(O)CC1. The van der Waals surface area contributed by atoms with E-state index in [9.17, 15) is 14.3 Å². The molecule has 2 N–H and O–H groups in total. The van der Waals surface area contributed by atoms with Gasteiger partial charge in [-0.1, -0.05) is 18.2 Å². The van der Waals surface area contributed by atoms with Gasteiger partial charge < -0.3 is 20.1 Å². The first-order valence-electron chi connectivity index (χ1n) is 10.2. The van der Waals surface area contributed by atoms with E-state index in [0.717, 1.165) is 42.0 Å². The number of hydrogen-bond acceptors (Lipinski definition) is 6. The molecule has 0 saturated carbocycles. The largest absolute Gasteiger partial charge is 0.462 e. The third kappa shape index (κ3) is 4.13. The molecule has 1 aliphatic heterocycles. The lowest BCUT2D eigenvalue weighted by molar-refractivity contribution is 0.0531. The second kappa shape index (κ2) is 9.02. The Balaban J connectivity index is 1.64. The van der Waals surface area contributed by atoms with E-state index in [1.54, 1.807) is 13.0 Å². The third-order valence-corrected chi connectivity index (χ3v) is 6.57. The van der Waals surface area contributed by atoms with Crippen LogP contribution in [0.4, 0.5) is 15.8 Å². The summed E-state index contributed by atoms with van der Waals surface area (Å²) < 4.78 is 20.6. The van der Waals surface area contributed by atoms with Gasteiger partial charge in [0.2, 0.25) is 0 Å². The molecule has 2 heterocycles. The van der Waals surface area contributed by atoms with Crippen molar-refractivity contribution in [3.8, 4) is 0 Å². The molecule has 0 spiro atoms. The molecule has 1 fully saturated rings. The smallest absolute Gasteiger partial charge is 0.348 e. The third-order valence-electron chi connectivity index (χ3n) is 5.39. The fourth-order valence-electron chi connectivity index (χ4n) is 3.89. The predicted octanol–water partition coefficient (Wildman–Crippen LogP) is 4.79. The van der Waals surface area contributed by atoms with E-state index in [0.29, 0.717) is 22.4 Å². The molecule has 4 rings (SSSR count). The summed E-state index contributed by atoms with van der Waals surface area (Å²) in [7, 11) is 0. The second-order valence-corrected chi connectivity index (χ2v) is 8.38. The lowest BCUT2D eigenvalue weighted by Gasteiger charge is -2.33. The van der Waals surface area contributed by atoms with Gasteiger partial charge in [-0.25, -0.2) is 9.18 Å². The lowest BCUT2D eigenvalue weighted by Crippen LogP contribution is -2.36. The highest BCUT2D eigenvalue weighted by atomic mass is 32.1. The van der Waals surface area contributed by atoms with Gasteiger partial charge in [0, 0.05) is 35.3 Å². The van der Waals surface area contributed by atoms with Crippen LogP contribution in [0.1, 0.15) is 35.0 Å². The quantitative estimate of drug-likeness (QED) is 0.553. The zero-order chi connectivity index (χ0) is 21.1. The topological polar surface area (TPSA) is 61.8 Å². The van der Waals surface area contributed by atoms with E-state index < -0.39 is 5.97 Å². The van der Waals surface area contributed by atoms with Gasteiger partial charge >= 0.3 is 5.97 Å². The second-order valence-electron chi connectivity index (χ2n) is 7.33. The number of piperidine rings is 1. The van der Waals surface area contributed by atoms with Crippen LogP contribution in [-0.2, 0) is 11.3 Å². The highest BCUT2D eigenvalue weighted by Crippen LogP contribution is 2.35. The van der Waals surface area contributed by atoms with Gasteiger partial charge in [0.05, 0.1) is 24.1 Å². The molecular weight excluding hydrogens is 403 g/mol. The fraction of sp³-hybridized carbons (Fsp3) is 0.348. The summed E-state index contributed by atoms with van der Waals surface area (Å²) in [4.78, 5) is 15.2. The number of carbonyl (C=O) groups is 1. The maximum Gasteiger partial charge on any atom is 0.348 e. The Hall–Kier alpha value is -2.64. The Morgan fingerprint density at radius 1 is 1.23 bits per heavy atom. The van der Waals surface area contributed by atoms with E-state index in [-0.39, 0.29) is 18.5 Å². The van der Waals surface area contributed by atoms with Gasteiger partial charge in [0.25, 0.3) is 0 Å². The number of rotatable bonds is 6. The van der Waals surface area contributed by atoms with Gasteiger partial charge in [-0.3, -0.25) is 0 Å². The monoisotopic (exact) mass is 428 g/mol. The molecule has 1 aromatic heterocycles. The molecule has 0 bridgehead atoms. The van der Waals surface area contributed by atoms with E-state index in [1.807, 2.05) is 30.3 Å². The maximum absolute atomic E-state index is 14.6. The number of anilines is 2. The molecule has 0 amide bonds. The zero-order valence-corrected chi connectivity index (χ0v) is 17.7. The first-order valence-corrected chi connectivity index (χ1v) is 11.0. The number of ether oxygens (including phenoxy) is 1. The number of thiophene rings is 1.